The zero-order chi connectivity index (χ0) is 15.6. The van der Waals surface area contributed by atoms with Gasteiger partial charge in [0.2, 0.25) is 0 Å². The minimum Gasteiger partial charge on any atom is -0.456 e. The molecule has 0 aromatic heterocycles. The molecule has 0 bridgehead atoms. The summed E-state index contributed by atoms with van der Waals surface area (Å²) < 4.78 is 44.5. The van der Waals surface area contributed by atoms with Gasteiger partial charge < -0.3 is 4.74 Å². The van der Waals surface area contributed by atoms with Gasteiger partial charge in [0.05, 0.1) is 10.6 Å². The Labute approximate surface area is 133 Å². The Morgan fingerprint density at radius 3 is 2.48 bits per heavy atom. The maximum atomic E-state index is 13.0. The third-order valence-electron chi connectivity index (χ3n) is 2.85. The molecule has 21 heavy (non-hydrogen) atoms. The Bertz CT molecular complexity index is 656. The minimum absolute atomic E-state index is 0.0968. The number of hydrogen-bond donors (Lipinski definition) is 0. The van der Waals surface area contributed by atoms with E-state index in [1.54, 1.807) is 18.2 Å². The molecule has 0 saturated carbocycles. The lowest BCUT2D eigenvalue weighted by Crippen LogP contribution is -2.08. The molecule has 2 aromatic rings. The monoisotopic (exact) mass is 378 g/mol. The van der Waals surface area contributed by atoms with Crippen LogP contribution in [0.2, 0.25) is 5.02 Å². The van der Waals surface area contributed by atoms with Crippen molar-refractivity contribution in [3.8, 4) is 11.5 Å². The third-order valence-corrected chi connectivity index (χ3v) is 3.76. The zero-order valence-corrected chi connectivity index (χ0v) is 13.3. The van der Waals surface area contributed by atoms with Crippen LogP contribution in [0, 0.1) is 6.92 Å². The standard InChI is InChI=1S/C15H11BrClF3O/c1-9-2-5-13(17)14(6-9)21-11-4-3-10(8-16)12(7-11)15(18,19)20/h2-7H,8H2,1H3. The van der Waals surface area contributed by atoms with Crippen molar-refractivity contribution in [1.82, 2.24) is 0 Å². The quantitative estimate of drug-likeness (QED) is 0.564. The molecule has 0 aliphatic carbocycles. The van der Waals surface area contributed by atoms with Crippen LogP contribution in [-0.4, -0.2) is 0 Å². The number of rotatable bonds is 3. The van der Waals surface area contributed by atoms with Gasteiger partial charge in [-0.3, -0.25) is 0 Å². The fourth-order valence-electron chi connectivity index (χ4n) is 1.82. The number of benzene rings is 2. The summed E-state index contributed by atoms with van der Waals surface area (Å²) >= 11 is 9.03. The molecule has 0 spiro atoms. The van der Waals surface area contributed by atoms with Gasteiger partial charge in [-0.1, -0.05) is 39.7 Å². The Morgan fingerprint density at radius 1 is 1.14 bits per heavy atom. The van der Waals surface area contributed by atoms with Crippen LogP contribution in [0.1, 0.15) is 16.7 Å². The molecule has 0 saturated heterocycles. The predicted octanol–water partition coefficient (Wildman–Crippen LogP) is 6.35. The summed E-state index contributed by atoms with van der Waals surface area (Å²) in [5, 5.41) is 0.464. The van der Waals surface area contributed by atoms with E-state index < -0.39 is 11.7 Å². The van der Waals surface area contributed by atoms with Crippen molar-refractivity contribution in [3.05, 3.63) is 58.1 Å². The van der Waals surface area contributed by atoms with Crippen LogP contribution in [0.4, 0.5) is 13.2 Å². The topological polar surface area (TPSA) is 9.23 Å². The molecule has 0 unspecified atom stereocenters. The lowest BCUT2D eigenvalue weighted by Gasteiger charge is -2.14. The van der Waals surface area contributed by atoms with E-state index in [4.69, 9.17) is 16.3 Å². The molecule has 6 heteroatoms. The molecule has 0 amide bonds. The van der Waals surface area contributed by atoms with Gasteiger partial charge in [-0.25, -0.2) is 0 Å². The highest BCUT2D eigenvalue weighted by molar-refractivity contribution is 9.08. The third kappa shape index (κ3) is 3.92. The molecule has 0 heterocycles. The lowest BCUT2D eigenvalue weighted by atomic mass is 10.1. The van der Waals surface area contributed by atoms with E-state index >= 15 is 0 Å². The number of alkyl halides is 4. The molecule has 0 radical (unpaired) electrons. The molecule has 2 rings (SSSR count). The highest BCUT2D eigenvalue weighted by Gasteiger charge is 2.33. The van der Waals surface area contributed by atoms with Gasteiger partial charge in [-0.2, -0.15) is 13.2 Å². The summed E-state index contributed by atoms with van der Waals surface area (Å²) in [6.45, 7) is 1.85. The van der Waals surface area contributed by atoms with E-state index in [9.17, 15) is 13.2 Å². The van der Waals surface area contributed by atoms with Gasteiger partial charge in [0.15, 0.2) is 0 Å². The van der Waals surface area contributed by atoms with E-state index in [1.165, 1.54) is 12.1 Å². The molecule has 1 nitrogen and oxygen atoms in total. The summed E-state index contributed by atoms with van der Waals surface area (Å²) in [5.41, 5.74) is 0.341. The largest absolute Gasteiger partial charge is 0.456 e. The highest BCUT2D eigenvalue weighted by atomic mass is 79.9. The second-order valence-electron chi connectivity index (χ2n) is 4.49. The maximum absolute atomic E-state index is 13.0. The van der Waals surface area contributed by atoms with Gasteiger partial charge in [0.1, 0.15) is 11.5 Å². The van der Waals surface area contributed by atoms with Gasteiger partial charge in [-0.05, 0) is 42.3 Å². The van der Waals surface area contributed by atoms with Crippen molar-refractivity contribution >= 4 is 27.5 Å². The normalized spacial score (nSPS) is 11.5. The van der Waals surface area contributed by atoms with Crippen LogP contribution < -0.4 is 4.74 Å². The second-order valence-corrected chi connectivity index (χ2v) is 5.45. The molecular weight excluding hydrogens is 369 g/mol. The average molecular weight is 380 g/mol. The van der Waals surface area contributed by atoms with Crippen molar-refractivity contribution in [2.75, 3.05) is 0 Å². The van der Waals surface area contributed by atoms with Crippen molar-refractivity contribution < 1.29 is 17.9 Å². The summed E-state index contributed by atoms with van der Waals surface area (Å²) in [7, 11) is 0. The van der Waals surface area contributed by atoms with Gasteiger partial charge >= 0.3 is 6.18 Å². The first kappa shape index (κ1) is 16.2. The smallest absolute Gasteiger partial charge is 0.416 e. The molecule has 112 valence electrons. The van der Waals surface area contributed by atoms with E-state index in [1.807, 2.05) is 6.92 Å². The van der Waals surface area contributed by atoms with Crippen LogP contribution in [0.25, 0.3) is 0 Å². The number of halogens is 5. The maximum Gasteiger partial charge on any atom is 0.416 e. The second kappa shape index (κ2) is 6.28. The van der Waals surface area contributed by atoms with Gasteiger partial charge in [0, 0.05) is 5.33 Å². The highest BCUT2D eigenvalue weighted by Crippen LogP contribution is 2.37. The van der Waals surface area contributed by atoms with Crippen molar-refractivity contribution in [2.24, 2.45) is 0 Å². The Morgan fingerprint density at radius 2 is 1.86 bits per heavy atom. The van der Waals surface area contributed by atoms with E-state index in [0.717, 1.165) is 11.6 Å². The van der Waals surface area contributed by atoms with Crippen molar-refractivity contribution in [3.63, 3.8) is 0 Å². The molecule has 0 N–H and O–H groups in total. The summed E-state index contributed by atoms with van der Waals surface area (Å²) in [6.07, 6.45) is -4.43. The van der Waals surface area contributed by atoms with Gasteiger partial charge in [-0.15, -0.1) is 0 Å². The SMILES string of the molecule is Cc1ccc(Cl)c(Oc2ccc(CBr)c(C(F)(F)F)c2)c1. The zero-order valence-electron chi connectivity index (χ0n) is 11.0. The lowest BCUT2D eigenvalue weighted by molar-refractivity contribution is -0.138. The Hall–Kier alpha value is -1.20. The molecule has 0 atom stereocenters. The van der Waals surface area contributed by atoms with Crippen molar-refractivity contribution in [2.45, 2.75) is 18.4 Å². The first-order chi connectivity index (χ1) is 9.81. The Kier molecular flexibility index (Phi) is 4.84. The molecule has 2 aromatic carbocycles. The summed E-state index contributed by atoms with van der Waals surface area (Å²) in [6, 6.07) is 8.97. The summed E-state index contributed by atoms with van der Waals surface area (Å²) in [4.78, 5) is 0. The first-order valence-electron chi connectivity index (χ1n) is 6.01. The predicted molar refractivity (Wildman–Crippen MR) is 80.3 cm³/mol. The molecule has 0 aliphatic rings. The number of hydrogen-bond acceptors (Lipinski definition) is 1. The van der Waals surface area contributed by atoms with Crippen LogP contribution >= 0.6 is 27.5 Å². The molecule has 0 aliphatic heterocycles. The fourth-order valence-corrected chi connectivity index (χ4v) is 2.46. The number of ether oxygens (including phenoxy) is 1. The Balaban J connectivity index is 2.39. The minimum atomic E-state index is -4.43. The van der Waals surface area contributed by atoms with E-state index in [2.05, 4.69) is 15.9 Å². The average Bonchev–Trinajstić information content (AvgIpc) is 2.42. The number of aryl methyl sites for hydroxylation is 1. The first-order valence-corrected chi connectivity index (χ1v) is 7.51. The fraction of sp³-hybridized carbons (Fsp3) is 0.200. The van der Waals surface area contributed by atoms with Crippen molar-refractivity contribution in [1.29, 1.82) is 0 Å². The van der Waals surface area contributed by atoms with Crippen LogP contribution in [0.3, 0.4) is 0 Å². The van der Waals surface area contributed by atoms with E-state index in [-0.39, 0.29) is 16.6 Å². The van der Waals surface area contributed by atoms with Crippen LogP contribution in [0.5, 0.6) is 11.5 Å². The van der Waals surface area contributed by atoms with Crippen LogP contribution in [-0.2, 0) is 11.5 Å². The van der Waals surface area contributed by atoms with Gasteiger partial charge in [0.25, 0.3) is 0 Å². The molecule has 0 fully saturated rings. The van der Waals surface area contributed by atoms with Crippen LogP contribution in [0.15, 0.2) is 36.4 Å². The molecular formula is C15H11BrClF3O. The summed E-state index contributed by atoms with van der Waals surface area (Å²) in [5.74, 6) is 0.427. The van der Waals surface area contributed by atoms with E-state index in [0.29, 0.717) is 10.8 Å².